The molecule has 1 amide bonds. The second-order valence-corrected chi connectivity index (χ2v) is 3.31. The van der Waals surface area contributed by atoms with Crippen molar-refractivity contribution < 1.29 is 19.5 Å². The fourth-order valence-corrected chi connectivity index (χ4v) is 1.37. The number of carbonyl (C=O) groups excluding carboxylic acids is 2. The van der Waals surface area contributed by atoms with Crippen LogP contribution in [0.4, 0.5) is 0 Å². The van der Waals surface area contributed by atoms with Crippen LogP contribution in [0.1, 0.15) is 12.8 Å². The highest BCUT2D eigenvalue weighted by molar-refractivity contribution is 5.78. The fraction of sp³-hybridized carbons (Fsp3) is 0.556. The first-order valence-electron chi connectivity index (χ1n) is 4.93. The molecule has 0 aliphatic carbocycles. The molecule has 0 saturated carbocycles. The predicted octanol–water partition coefficient (Wildman–Crippen LogP) is -2.02. The summed E-state index contributed by atoms with van der Waals surface area (Å²) in [7, 11) is 0. The summed E-state index contributed by atoms with van der Waals surface area (Å²) < 4.78 is 0. The number of aliphatic carboxylic acids is 1. The molecule has 0 aromatic carbocycles. The number of carbonyl (C=O) groups is 2. The number of carboxylic acid groups (broad SMARTS) is 1. The number of likely N-dealkylation sites (tertiary alicyclic amines) is 1. The van der Waals surface area contributed by atoms with Crippen molar-refractivity contribution in [3.05, 3.63) is 12.3 Å². The average molecular weight is 228 g/mol. The Morgan fingerprint density at radius 1 is 1.69 bits per heavy atom. The quantitative estimate of drug-likeness (QED) is 0.320. The summed E-state index contributed by atoms with van der Waals surface area (Å²) in [6.07, 6.45) is 3.23. The molecule has 0 atom stereocenters. The summed E-state index contributed by atoms with van der Waals surface area (Å²) in [5.74, 6) is 4.03. The average Bonchev–Trinajstić information content (AvgIpc) is 2.61. The molecule has 1 aliphatic heterocycles. The Bertz CT molecular complexity index is 292. The minimum atomic E-state index is -1.35. The summed E-state index contributed by atoms with van der Waals surface area (Å²) in [6.45, 7) is 1.41. The number of nitrogens with zero attached hydrogens (tertiary/aromatic N) is 2. The molecule has 0 aromatic heterocycles. The van der Waals surface area contributed by atoms with Gasteiger partial charge in [-0.3, -0.25) is 9.63 Å². The second-order valence-electron chi connectivity index (χ2n) is 3.31. The number of nitrogens with two attached hydrogens (primary N) is 1. The van der Waals surface area contributed by atoms with E-state index in [1.165, 1.54) is 0 Å². The minimum Gasteiger partial charge on any atom is -0.545 e. The number of carboxylic acids is 1. The Balaban J connectivity index is 2.15. The van der Waals surface area contributed by atoms with Gasteiger partial charge in [0.15, 0.2) is 0 Å². The van der Waals surface area contributed by atoms with Crippen LogP contribution < -0.4 is 10.9 Å². The van der Waals surface area contributed by atoms with Gasteiger partial charge in [0.05, 0.1) is 12.6 Å². The zero-order valence-corrected chi connectivity index (χ0v) is 8.80. The Morgan fingerprint density at radius 2 is 2.44 bits per heavy atom. The molecule has 0 unspecified atom stereocenters. The number of hydrazine groups is 1. The van der Waals surface area contributed by atoms with Gasteiger partial charge in [0, 0.05) is 25.7 Å². The molecule has 0 radical (unpaired) electrons. The van der Waals surface area contributed by atoms with Crippen LogP contribution in [0.2, 0.25) is 0 Å². The molecule has 16 heavy (non-hydrogen) atoms. The van der Waals surface area contributed by atoms with Crippen molar-refractivity contribution in [3.8, 4) is 0 Å². The monoisotopic (exact) mass is 228 g/mol. The molecule has 1 rings (SSSR count). The van der Waals surface area contributed by atoms with Crippen molar-refractivity contribution in [1.82, 2.24) is 10.1 Å². The van der Waals surface area contributed by atoms with E-state index in [-0.39, 0.29) is 12.5 Å². The lowest BCUT2D eigenvalue weighted by molar-refractivity contribution is -0.297. The molecule has 0 bridgehead atoms. The highest BCUT2D eigenvalue weighted by Crippen LogP contribution is 2.08. The van der Waals surface area contributed by atoms with E-state index in [0.29, 0.717) is 13.0 Å². The number of hydrogen-bond acceptors (Lipinski definition) is 6. The molecule has 1 aliphatic rings. The van der Waals surface area contributed by atoms with Gasteiger partial charge in [0.2, 0.25) is 5.91 Å². The molecule has 7 nitrogen and oxygen atoms in total. The van der Waals surface area contributed by atoms with Gasteiger partial charge < -0.3 is 14.8 Å². The van der Waals surface area contributed by atoms with Gasteiger partial charge >= 0.3 is 0 Å². The topological polar surface area (TPSA) is 98.9 Å². The zero-order valence-electron chi connectivity index (χ0n) is 8.80. The maximum absolute atomic E-state index is 11.2. The predicted molar refractivity (Wildman–Crippen MR) is 51.9 cm³/mol. The molecule has 0 aromatic rings. The van der Waals surface area contributed by atoms with Crippen molar-refractivity contribution in [3.63, 3.8) is 0 Å². The zero-order chi connectivity index (χ0) is 12.0. The Hall–Kier alpha value is -1.60. The third-order valence-corrected chi connectivity index (χ3v) is 2.13. The van der Waals surface area contributed by atoms with Crippen LogP contribution in [0.5, 0.6) is 0 Å². The van der Waals surface area contributed by atoms with Crippen LogP contribution in [0.15, 0.2) is 12.3 Å². The van der Waals surface area contributed by atoms with E-state index in [9.17, 15) is 14.7 Å². The van der Waals surface area contributed by atoms with Crippen molar-refractivity contribution in [2.24, 2.45) is 5.84 Å². The highest BCUT2D eigenvalue weighted by atomic mass is 16.7. The van der Waals surface area contributed by atoms with Crippen molar-refractivity contribution >= 4 is 11.9 Å². The van der Waals surface area contributed by atoms with Crippen LogP contribution in [0, 0.1) is 0 Å². The van der Waals surface area contributed by atoms with Crippen LogP contribution in [0.25, 0.3) is 0 Å². The first-order chi connectivity index (χ1) is 7.59. The Morgan fingerprint density at radius 3 is 3.00 bits per heavy atom. The highest BCUT2D eigenvalue weighted by Gasteiger charge is 2.19. The first-order valence-corrected chi connectivity index (χ1v) is 4.93. The molecular weight excluding hydrogens is 214 g/mol. The Kier molecular flexibility index (Phi) is 4.74. The smallest absolute Gasteiger partial charge is 0.222 e. The maximum Gasteiger partial charge on any atom is 0.222 e. The van der Waals surface area contributed by atoms with Crippen LogP contribution >= 0.6 is 0 Å². The molecule has 0 spiro atoms. The van der Waals surface area contributed by atoms with Crippen LogP contribution in [-0.4, -0.2) is 41.6 Å². The standard InChI is InChI=1S/C9H15N3O4/c10-12(5-3-9(14)15)16-7-6-11-4-1-2-8(11)13/h3,5H,1-2,4,6-7,10H2,(H,14,15)/p-1/b5-3+. The van der Waals surface area contributed by atoms with Gasteiger partial charge in [-0.1, -0.05) is 0 Å². The third-order valence-electron chi connectivity index (χ3n) is 2.13. The van der Waals surface area contributed by atoms with E-state index in [2.05, 4.69) is 0 Å². The van der Waals surface area contributed by atoms with Gasteiger partial charge in [-0.2, -0.15) is 5.17 Å². The largest absolute Gasteiger partial charge is 0.545 e. The van der Waals surface area contributed by atoms with Gasteiger partial charge in [0.1, 0.15) is 0 Å². The summed E-state index contributed by atoms with van der Waals surface area (Å²) in [5.41, 5.74) is 0. The molecule has 1 heterocycles. The summed E-state index contributed by atoms with van der Waals surface area (Å²) in [5, 5.41) is 10.8. The summed E-state index contributed by atoms with van der Waals surface area (Å²) in [6, 6.07) is 0. The summed E-state index contributed by atoms with van der Waals surface area (Å²) in [4.78, 5) is 27.9. The second kappa shape index (κ2) is 6.09. The number of hydroxylamine groups is 1. The molecule has 7 heteroatoms. The SMILES string of the molecule is NN(/C=C/C(=O)[O-])OCCN1CCCC1=O. The first kappa shape index (κ1) is 12.5. The van der Waals surface area contributed by atoms with E-state index < -0.39 is 5.97 Å². The maximum atomic E-state index is 11.2. The van der Waals surface area contributed by atoms with E-state index in [1.807, 2.05) is 0 Å². The van der Waals surface area contributed by atoms with Gasteiger partial charge in [-0.05, 0) is 12.5 Å². The lowest BCUT2D eigenvalue weighted by Crippen LogP contribution is -2.33. The van der Waals surface area contributed by atoms with Crippen molar-refractivity contribution in [2.45, 2.75) is 12.8 Å². The molecule has 1 saturated heterocycles. The summed E-state index contributed by atoms with van der Waals surface area (Å²) >= 11 is 0. The van der Waals surface area contributed by atoms with E-state index in [0.717, 1.165) is 30.4 Å². The van der Waals surface area contributed by atoms with Gasteiger partial charge in [-0.15, -0.1) is 0 Å². The lowest BCUT2D eigenvalue weighted by atomic mass is 10.4. The van der Waals surface area contributed by atoms with E-state index in [1.54, 1.807) is 4.90 Å². The van der Waals surface area contributed by atoms with Gasteiger partial charge in [-0.25, -0.2) is 5.84 Å². The van der Waals surface area contributed by atoms with Gasteiger partial charge in [0.25, 0.3) is 0 Å². The van der Waals surface area contributed by atoms with Crippen LogP contribution in [0.3, 0.4) is 0 Å². The third kappa shape index (κ3) is 4.28. The minimum absolute atomic E-state index is 0.109. The number of amides is 1. The molecular formula is C9H14N3O4-. The number of hydrogen-bond donors (Lipinski definition) is 1. The normalized spacial score (nSPS) is 16.1. The molecule has 90 valence electrons. The fourth-order valence-electron chi connectivity index (χ4n) is 1.37. The molecule has 1 fully saturated rings. The number of rotatable bonds is 6. The van der Waals surface area contributed by atoms with Crippen molar-refractivity contribution in [2.75, 3.05) is 19.7 Å². The van der Waals surface area contributed by atoms with E-state index >= 15 is 0 Å². The van der Waals surface area contributed by atoms with Crippen molar-refractivity contribution in [1.29, 1.82) is 0 Å². The van der Waals surface area contributed by atoms with Crippen LogP contribution in [-0.2, 0) is 14.4 Å². The Labute approximate surface area is 93.0 Å². The molecule has 2 N–H and O–H groups in total. The lowest BCUT2D eigenvalue weighted by Gasteiger charge is -2.18. The van der Waals surface area contributed by atoms with E-state index in [4.69, 9.17) is 10.7 Å².